The average molecular weight is 585 g/mol. The number of aromatic nitrogens is 1. The van der Waals surface area contributed by atoms with E-state index in [0.717, 1.165) is 5.56 Å². The summed E-state index contributed by atoms with van der Waals surface area (Å²) in [6.07, 6.45) is 0.877. The molecule has 4 amide bonds. The van der Waals surface area contributed by atoms with Crippen LogP contribution in [0.15, 0.2) is 85.5 Å². The van der Waals surface area contributed by atoms with E-state index in [1.54, 1.807) is 35.4 Å². The third-order valence-corrected chi connectivity index (χ3v) is 7.41. The molecule has 5 rings (SSSR count). The van der Waals surface area contributed by atoms with Crippen molar-refractivity contribution in [2.24, 2.45) is 0 Å². The van der Waals surface area contributed by atoms with Gasteiger partial charge in [0, 0.05) is 19.5 Å². The molecule has 3 aromatic rings. The van der Waals surface area contributed by atoms with E-state index < -0.39 is 24.2 Å². The molecule has 43 heavy (non-hydrogen) atoms. The first kappa shape index (κ1) is 29.3. The zero-order chi connectivity index (χ0) is 30.5. The van der Waals surface area contributed by atoms with Crippen molar-refractivity contribution in [3.8, 4) is 5.75 Å². The van der Waals surface area contributed by atoms with Gasteiger partial charge in [-0.05, 0) is 35.4 Å². The number of piperazine rings is 1. The normalized spacial score (nSPS) is 18.7. The van der Waals surface area contributed by atoms with E-state index in [1.807, 2.05) is 30.3 Å². The van der Waals surface area contributed by atoms with Crippen LogP contribution in [0.1, 0.15) is 27.3 Å². The van der Waals surface area contributed by atoms with E-state index in [1.165, 1.54) is 33.0 Å². The number of phenolic OH excluding ortho intramolecular Hbond substituents is 1. The molecule has 12 nitrogen and oxygen atoms in total. The van der Waals surface area contributed by atoms with Crippen molar-refractivity contribution in [1.29, 1.82) is 0 Å². The van der Waals surface area contributed by atoms with Crippen LogP contribution in [0.3, 0.4) is 0 Å². The van der Waals surface area contributed by atoms with Gasteiger partial charge < -0.3 is 25.3 Å². The first-order valence-corrected chi connectivity index (χ1v) is 13.8. The number of phenols is 1. The molecule has 2 fully saturated rings. The summed E-state index contributed by atoms with van der Waals surface area (Å²) in [6, 6.07) is 18.9. The topological polar surface area (TPSA) is 147 Å². The predicted octanol–water partition coefficient (Wildman–Crippen LogP) is 2.22. The predicted molar refractivity (Wildman–Crippen MR) is 155 cm³/mol. The van der Waals surface area contributed by atoms with Crippen LogP contribution in [0.2, 0.25) is 0 Å². The molecule has 0 saturated carbocycles. The molecule has 0 radical (unpaired) electrons. The van der Waals surface area contributed by atoms with E-state index >= 15 is 0 Å². The van der Waals surface area contributed by atoms with Gasteiger partial charge in [-0.1, -0.05) is 54.6 Å². The molecule has 0 bridgehead atoms. The molecule has 2 aromatic carbocycles. The Balaban J connectivity index is 1.50. The van der Waals surface area contributed by atoms with E-state index in [9.17, 15) is 29.4 Å². The molecule has 0 aliphatic carbocycles. The summed E-state index contributed by atoms with van der Waals surface area (Å²) < 4.78 is 0. The Labute approximate surface area is 248 Å². The number of urea groups is 1. The summed E-state index contributed by atoms with van der Waals surface area (Å²) in [4.78, 5) is 60.1. The van der Waals surface area contributed by atoms with Crippen LogP contribution >= 0.6 is 0 Å². The van der Waals surface area contributed by atoms with Crippen molar-refractivity contribution < 1.29 is 29.4 Å². The van der Waals surface area contributed by atoms with Crippen molar-refractivity contribution in [2.75, 3.05) is 19.6 Å². The molecule has 1 unspecified atom stereocenters. The van der Waals surface area contributed by atoms with Crippen molar-refractivity contribution in [3.63, 3.8) is 0 Å². The van der Waals surface area contributed by atoms with Crippen LogP contribution in [0.4, 0.5) is 4.79 Å². The van der Waals surface area contributed by atoms with Crippen LogP contribution < -0.4 is 5.32 Å². The highest BCUT2D eigenvalue weighted by Gasteiger charge is 2.51. The maximum Gasteiger partial charge on any atom is 0.354 e. The number of carbonyl (C=O) groups is 4. The van der Waals surface area contributed by atoms with Crippen LogP contribution in [0.5, 0.6) is 5.75 Å². The summed E-state index contributed by atoms with van der Waals surface area (Å²) >= 11 is 0. The third kappa shape index (κ3) is 6.49. The molecule has 2 aliphatic rings. The number of carboxylic acids is 1. The highest BCUT2D eigenvalue weighted by atomic mass is 16.4. The van der Waals surface area contributed by atoms with Gasteiger partial charge in [-0.3, -0.25) is 9.59 Å². The number of aromatic carboxylic acids is 1. The Morgan fingerprint density at radius 1 is 1.00 bits per heavy atom. The number of rotatable bonds is 9. The van der Waals surface area contributed by atoms with E-state index in [2.05, 4.69) is 16.9 Å². The van der Waals surface area contributed by atoms with Crippen LogP contribution in [0, 0.1) is 0 Å². The zero-order valence-electron chi connectivity index (χ0n) is 23.4. The number of nitrogens with one attached hydrogen (secondary N) is 1. The second kappa shape index (κ2) is 12.7. The number of hydrogen-bond donors (Lipinski definition) is 3. The van der Waals surface area contributed by atoms with Gasteiger partial charge in [-0.2, -0.15) is 0 Å². The quantitative estimate of drug-likeness (QED) is 0.325. The van der Waals surface area contributed by atoms with E-state index in [4.69, 9.17) is 0 Å². The minimum absolute atomic E-state index is 0.0223. The number of fused-ring (bicyclic) bond motifs is 1. The fourth-order valence-corrected chi connectivity index (χ4v) is 5.44. The standard InChI is InChI=1S/C31H32N6O6/c1-2-15-35-20-28(39)36-26(16-21-11-13-24(38)14-12-21)29(40)34(18-23-9-6-10-25(33-23)30(41)42)19-27(36)37(35)31(43)32-17-22-7-4-3-5-8-22/h2-14,26-27,38H,1,15-20H2,(H,32,43)(H,41,42)/t26?,27-/m0/s1. The number of hydrogen-bond acceptors (Lipinski definition) is 7. The average Bonchev–Trinajstić information content (AvgIpc) is 3.00. The lowest BCUT2D eigenvalue weighted by Crippen LogP contribution is -2.76. The Morgan fingerprint density at radius 3 is 2.44 bits per heavy atom. The first-order chi connectivity index (χ1) is 20.7. The maximum absolute atomic E-state index is 14.0. The van der Waals surface area contributed by atoms with Crippen molar-refractivity contribution in [1.82, 2.24) is 30.1 Å². The Kier molecular flexibility index (Phi) is 8.67. The lowest BCUT2D eigenvalue weighted by atomic mass is 9.98. The largest absolute Gasteiger partial charge is 0.508 e. The second-order valence-electron chi connectivity index (χ2n) is 10.3. The van der Waals surface area contributed by atoms with Crippen molar-refractivity contribution in [3.05, 3.63) is 108 Å². The van der Waals surface area contributed by atoms with Crippen molar-refractivity contribution >= 4 is 23.8 Å². The smallest absolute Gasteiger partial charge is 0.354 e. The molecular formula is C31H32N6O6. The molecule has 2 atom stereocenters. The third-order valence-electron chi connectivity index (χ3n) is 7.41. The fraction of sp³-hybridized carbons (Fsp3) is 0.258. The molecule has 3 N–H and O–H groups in total. The molecule has 12 heteroatoms. The number of benzene rings is 2. The number of amides is 4. The fourth-order valence-electron chi connectivity index (χ4n) is 5.44. The number of carboxylic acid groups (broad SMARTS) is 1. The highest BCUT2D eigenvalue weighted by Crippen LogP contribution is 2.29. The van der Waals surface area contributed by atoms with Crippen LogP contribution in [-0.4, -0.2) is 90.7 Å². The highest BCUT2D eigenvalue weighted by molar-refractivity contribution is 5.92. The molecule has 1 aromatic heterocycles. The Morgan fingerprint density at radius 2 is 1.74 bits per heavy atom. The van der Waals surface area contributed by atoms with Gasteiger partial charge in [-0.25, -0.2) is 24.6 Å². The van der Waals surface area contributed by atoms with Gasteiger partial charge >= 0.3 is 12.0 Å². The van der Waals surface area contributed by atoms with Gasteiger partial charge in [0.05, 0.1) is 25.3 Å². The molecule has 0 spiro atoms. The molecule has 2 saturated heterocycles. The van der Waals surface area contributed by atoms with Gasteiger partial charge in [0.25, 0.3) is 0 Å². The van der Waals surface area contributed by atoms with E-state index in [0.29, 0.717) is 11.3 Å². The van der Waals surface area contributed by atoms with Gasteiger partial charge in [-0.15, -0.1) is 6.58 Å². The van der Waals surface area contributed by atoms with Gasteiger partial charge in [0.2, 0.25) is 11.8 Å². The summed E-state index contributed by atoms with van der Waals surface area (Å²) in [6.45, 7) is 4.07. The zero-order valence-corrected chi connectivity index (χ0v) is 23.4. The van der Waals surface area contributed by atoms with E-state index in [-0.39, 0.29) is 62.4 Å². The van der Waals surface area contributed by atoms with Gasteiger partial charge in [0.15, 0.2) is 0 Å². The lowest BCUT2D eigenvalue weighted by Gasteiger charge is -2.55. The monoisotopic (exact) mass is 584 g/mol. The van der Waals surface area contributed by atoms with Crippen LogP contribution in [0.25, 0.3) is 0 Å². The summed E-state index contributed by atoms with van der Waals surface area (Å²) in [5.41, 5.74) is 1.81. The molecule has 222 valence electrons. The summed E-state index contributed by atoms with van der Waals surface area (Å²) in [7, 11) is 0. The lowest BCUT2D eigenvalue weighted by molar-refractivity contribution is -0.189. The SMILES string of the molecule is C=CCN1CC(=O)N2C(Cc3ccc(O)cc3)C(=O)N(Cc3cccc(C(=O)O)n3)C[C@@H]2N1C(=O)NCc1ccccc1. The second-order valence-corrected chi connectivity index (χ2v) is 10.3. The number of aromatic hydroxyl groups is 1. The Hall–Kier alpha value is -5.23. The number of hydrazine groups is 1. The first-order valence-electron chi connectivity index (χ1n) is 13.8. The molecular weight excluding hydrogens is 552 g/mol. The minimum Gasteiger partial charge on any atom is -0.508 e. The van der Waals surface area contributed by atoms with Crippen molar-refractivity contribution in [2.45, 2.75) is 31.7 Å². The van der Waals surface area contributed by atoms with Crippen LogP contribution in [-0.2, 0) is 29.1 Å². The molecule has 2 aliphatic heterocycles. The van der Waals surface area contributed by atoms with Gasteiger partial charge in [0.1, 0.15) is 23.7 Å². The number of carbonyl (C=O) groups excluding carboxylic acids is 3. The Bertz CT molecular complexity index is 1510. The molecule has 3 heterocycles. The minimum atomic E-state index is -1.19. The number of pyridine rings is 1. The summed E-state index contributed by atoms with van der Waals surface area (Å²) in [5.74, 6) is -1.80. The summed E-state index contributed by atoms with van der Waals surface area (Å²) in [5, 5.41) is 25.2. The number of nitrogens with zero attached hydrogens (tertiary/aromatic N) is 5. The maximum atomic E-state index is 14.0.